The molecule has 0 saturated heterocycles. The molecule has 10 nitrogen and oxygen atoms in total. The van der Waals surface area contributed by atoms with Crippen molar-refractivity contribution in [3.63, 3.8) is 0 Å². The summed E-state index contributed by atoms with van der Waals surface area (Å²) in [4.78, 5) is 33.2. The third kappa shape index (κ3) is 5.71. The van der Waals surface area contributed by atoms with Crippen LogP contribution in [0.3, 0.4) is 0 Å². The number of aromatic amines is 1. The van der Waals surface area contributed by atoms with Crippen LogP contribution in [0.5, 0.6) is 0 Å². The van der Waals surface area contributed by atoms with Gasteiger partial charge in [0.2, 0.25) is 0 Å². The number of imidazole rings is 1. The Kier molecular flexibility index (Phi) is 8.41. The highest BCUT2D eigenvalue weighted by Gasteiger charge is 2.27. The van der Waals surface area contributed by atoms with Crippen molar-refractivity contribution in [3.05, 3.63) is 117 Å². The lowest BCUT2D eigenvalue weighted by Gasteiger charge is -2.22. The van der Waals surface area contributed by atoms with E-state index in [4.69, 9.17) is 4.98 Å². The maximum atomic E-state index is 14.3. The van der Waals surface area contributed by atoms with Crippen molar-refractivity contribution >= 4 is 11.2 Å². The Morgan fingerprint density at radius 3 is 2.24 bits per heavy atom. The fourth-order valence-electron chi connectivity index (χ4n) is 6.83. The van der Waals surface area contributed by atoms with Gasteiger partial charge in [-0.2, -0.15) is 0 Å². The highest BCUT2D eigenvalue weighted by molar-refractivity contribution is 5.80. The van der Waals surface area contributed by atoms with Gasteiger partial charge in [0.1, 0.15) is 5.82 Å². The average molecular weight is 615 g/mol. The fourth-order valence-corrected chi connectivity index (χ4v) is 6.83. The third-order valence-electron chi connectivity index (χ3n) is 9.16. The minimum Gasteiger partial charge on any atom is -0.317 e. The number of hydrogen-bond acceptors (Lipinski definition) is 6. The van der Waals surface area contributed by atoms with Crippen LogP contribution >= 0.6 is 0 Å². The minimum atomic E-state index is -0.278. The highest BCUT2D eigenvalue weighted by Crippen LogP contribution is 2.34. The van der Waals surface area contributed by atoms with Gasteiger partial charge in [0, 0.05) is 31.1 Å². The predicted molar refractivity (Wildman–Crippen MR) is 179 cm³/mol. The van der Waals surface area contributed by atoms with Crippen LogP contribution in [-0.2, 0) is 26.1 Å². The summed E-state index contributed by atoms with van der Waals surface area (Å²) in [7, 11) is 0. The van der Waals surface area contributed by atoms with Crippen molar-refractivity contribution in [2.45, 2.75) is 77.4 Å². The van der Waals surface area contributed by atoms with Crippen molar-refractivity contribution in [2.75, 3.05) is 0 Å². The molecule has 234 valence electrons. The van der Waals surface area contributed by atoms with Crippen LogP contribution in [0.2, 0.25) is 0 Å². The number of hydrogen-bond donors (Lipinski definition) is 1. The third-order valence-corrected chi connectivity index (χ3v) is 9.16. The van der Waals surface area contributed by atoms with E-state index in [9.17, 15) is 9.59 Å². The second kappa shape index (κ2) is 13.1. The van der Waals surface area contributed by atoms with Gasteiger partial charge in [0.05, 0.1) is 0 Å². The Labute approximate surface area is 266 Å². The van der Waals surface area contributed by atoms with Crippen molar-refractivity contribution in [1.82, 2.24) is 39.3 Å². The lowest BCUT2D eigenvalue weighted by Crippen LogP contribution is -2.41. The standard InChI is InChI=1S/C36H38N8O2/c1-2-22-42-34-31(35(45)43(36(42)46)23-21-25-11-5-3-6-12-25)44(33(37-34)28-13-7-4-8-14-28)24-26-17-19-27(20-18-26)29-15-9-10-16-30(29)32-38-40-41-39-32/h3,5-6,9-12,15-20,28H,2,4,7-8,13-14,21-24H2,1H3,(H,38,39,40,41). The van der Waals surface area contributed by atoms with E-state index >= 15 is 0 Å². The van der Waals surface area contributed by atoms with Crippen molar-refractivity contribution in [2.24, 2.45) is 0 Å². The van der Waals surface area contributed by atoms with Crippen molar-refractivity contribution in [3.8, 4) is 22.5 Å². The maximum Gasteiger partial charge on any atom is 0.332 e. The average Bonchev–Trinajstić information content (AvgIpc) is 3.77. The first-order chi connectivity index (χ1) is 22.6. The summed E-state index contributed by atoms with van der Waals surface area (Å²) in [6, 6.07) is 26.4. The summed E-state index contributed by atoms with van der Waals surface area (Å²) in [5.41, 5.74) is 5.63. The molecule has 0 radical (unpaired) electrons. The van der Waals surface area contributed by atoms with Crippen LogP contribution in [-0.4, -0.2) is 39.3 Å². The van der Waals surface area contributed by atoms with Gasteiger partial charge in [0.25, 0.3) is 5.56 Å². The first kappa shape index (κ1) is 29.6. The van der Waals surface area contributed by atoms with Crippen LogP contribution < -0.4 is 11.2 Å². The lowest BCUT2D eigenvalue weighted by atomic mass is 9.88. The second-order valence-electron chi connectivity index (χ2n) is 12.2. The van der Waals surface area contributed by atoms with Gasteiger partial charge in [-0.1, -0.05) is 105 Å². The van der Waals surface area contributed by atoms with Gasteiger partial charge >= 0.3 is 5.69 Å². The van der Waals surface area contributed by atoms with Gasteiger partial charge < -0.3 is 4.57 Å². The molecule has 0 aliphatic heterocycles. The Morgan fingerprint density at radius 2 is 1.52 bits per heavy atom. The number of fused-ring (bicyclic) bond motifs is 1. The van der Waals surface area contributed by atoms with Crippen LogP contribution in [0, 0.1) is 0 Å². The smallest absolute Gasteiger partial charge is 0.317 e. The molecular formula is C36H38N8O2. The quantitative estimate of drug-likeness (QED) is 0.204. The zero-order valence-corrected chi connectivity index (χ0v) is 26.1. The topological polar surface area (TPSA) is 116 Å². The molecule has 46 heavy (non-hydrogen) atoms. The molecule has 1 aliphatic carbocycles. The first-order valence-electron chi connectivity index (χ1n) is 16.3. The number of nitrogens with one attached hydrogen (secondary N) is 1. The monoisotopic (exact) mass is 614 g/mol. The molecular weight excluding hydrogens is 576 g/mol. The molecule has 0 spiro atoms. The molecule has 0 atom stereocenters. The summed E-state index contributed by atoms with van der Waals surface area (Å²) in [5, 5.41) is 14.5. The highest BCUT2D eigenvalue weighted by atomic mass is 16.2. The summed E-state index contributed by atoms with van der Waals surface area (Å²) < 4.78 is 5.26. The molecule has 1 aliphatic rings. The summed E-state index contributed by atoms with van der Waals surface area (Å²) >= 11 is 0. The van der Waals surface area contributed by atoms with Crippen LogP contribution in [0.1, 0.15) is 68.3 Å². The van der Waals surface area contributed by atoms with Gasteiger partial charge in [-0.05, 0) is 58.4 Å². The van der Waals surface area contributed by atoms with E-state index in [1.165, 1.54) is 11.0 Å². The maximum absolute atomic E-state index is 14.3. The number of H-pyrrole nitrogens is 1. The van der Waals surface area contributed by atoms with E-state index in [1.807, 2.05) is 48.5 Å². The van der Waals surface area contributed by atoms with Crippen LogP contribution in [0.4, 0.5) is 0 Å². The van der Waals surface area contributed by atoms with Gasteiger partial charge in [-0.15, -0.1) is 5.10 Å². The Hall–Kier alpha value is -5.12. The zero-order chi connectivity index (χ0) is 31.5. The molecule has 10 heteroatoms. The van der Waals surface area contributed by atoms with E-state index in [0.717, 1.165) is 65.7 Å². The largest absolute Gasteiger partial charge is 0.332 e. The Morgan fingerprint density at radius 1 is 0.783 bits per heavy atom. The van der Waals surface area contributed by atoms with Gasteiger partial charge in [-0.3, -0.25) is 13.9 Å². The van der Waals surface area contributed by atoms with Gasteiger partial charge in [0.15, 0.2) is 17.0 Å². The van der Waals surface area contributed by atoms with Gasteiger partial charge in [-0.25, -0.2) is 14.9 Å². The van der Waals surface area contributed by atoms with E-state index in [-0.39, 0.29) is 17.2 Å². The summed E-state index contributed by atoms with van der Waals surface area (Å²) in [6.45, 7) is 3.38. The van der Waals surface area contributed by atoms with Crippen LogP contribution in [0.25, 0.3) is 33.7 Å². The zero-order valence-electron chi connectivity index (χ0n) is 26.1. The molecule has 3 heterocycles. The predicted octanol–water partition coefficient (Wildman–Crippen LogP) is 5.96. The van der Waals surface area contributed by atoms with E-state index in [0.29, 0.717) is 43.0 Å². The van der Waals surface area contributed by atoms with E-state index in [1.54, 1.807) is 4.57 Å². The lowest BCUT2D eigenvalue weighted by molar-refractivity contribution is 0.419. The number of aromatic nitrogens is 8. The first-order valence-corrected chi connectivity index (χ1v) is 16.3. The Bertz CT molecular complexity index is 2050. The number of aryl methyl sites for hydroxylation is 2. The molecule has 3 aromatic heterocycles. The number of benzene rings is 3. The van der Waals surface area contributed by atoms with Crippen LogP contribution in [0.15, 0.2) is 88.5 Å². The molecule has 0 amide bonds. The Balaban J connectivity index is 1.32. The van der Waals surface area contributed by atoms with E-state index in [2.05, 4.69) is 62.4 Å². The molecule has 0 unspecified atom stereocenters. The van der Waals surface area contributed by atoms with E-state index < -0.39 is 0 Å². The fraction of sp³-hybridized carbons (Fsp3) is 0.333. The molecule has 1 fully saturated rings. The number of nitrogens with zero attached hydrogens (tertiary/aromatic N) is 7. The number of tetrazole rings is 1. The molecule has 1 saturated carbocycles. The number of rotatable bonds is 10. The van der Waals surface area contributed by atoms with Crippen molar-refractivity contribution in [1.29, 1.82) is 0 Å². The summed E-state index contributed by atoms with van der Waals surface area (Å²) in [5.74, 6) is 1.79. The molecule has 3 aromatic carbocycles. The normalized spacial score (nSPS) is 13.8. The second-order valence-corrected chi connectivity index (χ2v) is 12.2. The molecule has 1 N–H and O–H groups in total. The summed E-state index contributed by atoms with van der Waals surface area (Å²) in [6.07, 6.45) is 6.95. The minimum absolute atomic E-state index is 0.255. The molecule has 0 bridgehead atoms. The van der Waals surface area contributed by atoms with Crippen molar-refractivity contribution < 1.29 is 0 Å². The molecule has 6 aromatic rings. The SMILES string of the molecule is CCCn1c(=O)n(CCc2ccccc2)c(=O)c2c1nc(C1CCCCC1)n2Cc1ccc(-c2ccccc2-c2nnn[nH]2)cc1. The molecule has 7 rings (SSSR count).